The topological polar surface area (TPSA) is 30.5 Å². The minimum Gasteiger partial charge on any atom is -0.497 e. The third-order valence-electron chi connectivity index (χ3n) is 4.04. The van der Waals surface area contributed by atoms with Gasteiger partial charge in [-0.2, -0.15) is 0 Å². The summed E-state index contributed by atoms with van der Waals surface area (Å²) in [5, 5.41) is 3.66. The van der Waals surface area contributed by atoms with Crippen molar-refractivity contribution in [3.8, 4) is 5.75 Å². The van der Waals surface area contributed by atoms with Gasteiger partial charge in [0.05, 0.1) is 26.4 Å². The largest absolute Gasteiger partial charge is 0.497 e. The molecule has 0 aliphatic carbocycles. The van der Waals surface area contributed by atoms with Gasteiger partial charge in [0, 0.05) is 6.04 Å². The van der Waals surface area contributed by atoms with Crippen LogP contribution in [0.4, 0.5) is 0 Å². The van der Waals surface area contributed by atoms with Gasteiger partial charge < -0.3 is 14.8 Å². The molecule has 3 rings (SSSR count). The van der Waals surface area contributed by atoms with Crippen LogP contribution in [0.25, 0.3) is 0 Å². The molecule has 2 aromatic carbocycles. The first-order chi connectivity index (χ1) is 10.3. The number of nitrogens with one attached hydrogen (secondary N) is 1. The Hall–Kier alpha value is -1.84. The molecular formula is C18H21NO2. The molecule has 0 spiro atoms. The molecule has 0 fully saturated rings. The molecule has 0 radical (unpaired) electrons. The fourth-order valence-corrected chi connectivity index (χ4v) is 2.81. The Bertz CT molecular complexity index is 594. The summed E-state index contributed by atoms with van der Waals surface area (Å²) in [6, 6.07) is 17.2. The average Bonchev–Trinajstić information content (AvgIpc) is 2.55. The third-order valence-corrected chi connectivity index (χ3v) is 4.04. The minimum atomic E-state index is 0.243. The zero-order valence-corrected chi connectivity index (χ0v) is 12.5. The van der Waals surface area contributed by atoms with Crippen LogP contribution in [0, 0.1) is 0 Å². The highest BCUT2D eigenvalue weighted by Crippen LogP contribution is 2.27. The van der Waals surface area contributed by atoms with E-state index in [2.05, 4.69) is 48.6 Å². The van der Waals surface area contributed by atoms with Crippen molar-refractivity contribution in [3.05, 3.63) is 65.2 Å². The lowest BCUT2D eigenvalue weighted by atomic mass is 9.97. The number of methoxy groups -OCH3 is 1. The maximum Gasteiger partial charge on any atom is 0.118 e. The molecule has 2 atom stereocenters. The van der Waals surface area contributed by atoms with Crippen molar-refractivity contribution in [2.75, 3.05) is 13.7 Å². The van der Waals surface area contributed by atoms with Crippen molar-refractivity contribution in [3.63, 3.8) is 0 Å². The van der Waals surface area contributed by atoms with Crippen LogP contribution in [-0.2, 0) is 11.3 Å². The zero-order chi connectivity index (χ0) is 14.7. The van der Waals surface area contributed by atoms with Gasteiger partial charge in [0.1, 0.15) is 5.75 Å². The van der Waals surface area contributed by atoms with Crippen LogP contribution in [0.15, 0.2) is 48.5 Å². The molecule has 1 aliphatic heterocycles. The summed E-state index contributed by atoms with van der Waals surface area (Å²) in [4.78, 5) is 0. The maximum absolute atomic E-state index is 5.70. The molecule has 0 saturated heterocycles. The van der Waals surface area contributed by atoms with Gasteiger partial charge >= 0.3 is 0 Å². The Balaban J connectivity index is 1.74. The summed E-state index contributed by atoms with van der Waals surface area (Å²) in [5.41, 5.74) is 3.88. The predicted molar refractivity (Wildman–Crippen MR) is 83.4 cm³/mol. The second-order valence-corrected chi connectivity index (χ2v) is 5.43. The van der Waals surface area contributed by atoms with Crippen LogP contribution in [0.3, 0.4) is 0 Å². The number of benzene rings is 2. The minimum absolute atomic E-state index is 0.243. The van der Waals surface area contributed by atoms with Crippen molar-refractivity contribution in [2.24, 2.45) is 0 Å². The first-order valence-corrected chi connectivity index (χ1v) is 7.33. The predicted octanol–water partition coefficient (Wildman–Crippen LogP) is 3.62. The van der Waals surface area contributed by atoms with Gasteiger partial charge in [-0.15, -0.1) is 0 Å². The lowest BCUT2D eigenvalue weighted by molar-refractivity contribution is 0.0791. The molecule has 2 unspecified atom stereocenters. The number of ether oxygens (including phenoxy) is 2. The van der Waals surface area contributed by atoms with E-state index in [1.165, 1.54) is 16.7 Å². The van der Waals surface area contributed by atoms with Crippen LogP contribution in [0.1, 0.15) is 35.7 Å². The smallest absolute Gasteiger partial charge is 0.118 e. The van der Waals surface area contributed by atoms with E-state index in [0.29, 0.717) is 6.61 Å². The second-order valence-electron chi connectivity index (χ2n) is 5.43. The van der Waals surface area contributed by atoms with Crippen LogP contribution in [0.2, 0.25) is 0 Å². The standard InChI is InChI=1S/C18H21NO2/c1-13(14-7-9-16(20-2)10-8-14)19-18-12-21-11-15-5-3-4-6-17(15)18/h3-10,13,18-19H,11-12H2,1-2H3. The highest BCUT2D eigenvalue weighted by Gasteiger charge is 2.22. The van der Waals surface area contributed by atoms with Gasteiger partial charge in [-0.1, -0.05) is 36.4 Å². The van der Waals surface area contributed by atoms with Crippen LogP contribution in [-0.4, -0.2) is 13.7 Å². The Morgan fingerprint density at radius 3 is 2.67 bits per heavy atom. The van der Waals surface area contributed by atoms with Crippen LogP contribution in [0.5, 0.6) is 5.75 Å². The molecule has 1 aliphatic rings. The molecule has 1 N–H and O–H groups in total. The first-order valence-electron chi connectivity index (χ1n) is 7.33. The highest BCUT2D eigenvalue weighted by molar-refractivity contribution is 5.32. The van der Waals surface area contributed by atoms with E-state index < -0.39 is 0 Å². The van der Waals surface area contributed by atoms with E-state index in [9.17, 15) is 0 Å². The quantitative estimate of drug-likeness (QED) is 0.929. The van der Waals surface area contributed by atoms with Crippen molar-refractivity contribution < 1.29 is 9.47 Å². The number of hydrogen-bond donors (Lipinski definition) is 1. The zero-order valence-electron chi connectivity index (χ0n) is 12.5. The second kappa shape index (κ2) is 6.29. The third kappa shape index (κ3) is 3.09. The van der Waals surface area contributed by atoms with E-state index in [1.54, 1.807) is 7.11 Å². The summed E-state index contributed by atoms with van der Waals surface area (Å²) in [6.45, 7) is 3.61. The Morgan fingerprint density at radius 1 is 1.14 bits per heavy atom. The average molecular weight is 283 g/mol. The van der Waals surface area contributed by atoms with Crippen molar-refractivity contribution >= 4 is 0 Å². The van der Waals surface area contributed by atoms with Gasteiger partial charge in [-0.25, -0.2) is 0 Å². The summed E-state index contributed by atoms with van der Waals surface area (Å²) in [5.74, 6) is 0.886. The maximum atomic E-state index is 5.70. The fourth-order valence-electron chi connectivity index (χ4n) is 2.81. The van der Waals surface area contributed by atoms with E-state index >= 15 is 0 Å². The Labute approximate surface area is 125 Å². The first kappa shape index (κ1) is 14.1. The normalized spacial score (nSPS) is 18.9. The van der Waals surface area contributed by atoms with Crippen LogP contribution >= 0.6 is 0 Å². The van der Waals surface area contributed by atoms with Crippen molar-refractivity contribution in [1.29, 1.82) is 0 Å². The number of rotatable bonds is 4. The summed E-state index contributed by atoms with van der Waals surface area (Å²) in [7, 11) is 1.69. The fraction of sp³-hybridized carbons (Fsp3) is 0.333. The molecule has 3 nitrogen and oxygen atoms in total. The molecule has 21 heavy (non-hydrogen) atoms. The number of hydrogen-bond acceptors (Lipinski definition) is 3. The molecule has 0 amide bonds. The molecule has 110 valence electrons. The summed E-state index contributed by atoms with van der Waals surface area (Å²) in [6.07, 6.45) is 0. The van der Waals surface area contributed by atoms with E-state index in [0.717, 1.165) is 12.4 Å². The SMILES string of the molecule is COc1ccc(C(C)NC2COCc3ccccc32)cc1. The molecule has 1 heterocycles. The highest BCUT2D eigenvalue weighted by atomic mass is 16.5. The van der Waals surface area contributed by atoms with Gasteiger partial charge in [0.15, 0.2) is 0 Å². The van der Waals surface area contributed by atoms with Crippen molar-refractivity contribution in [2.45, 2.75) is 25.6 Å². The molecule has 0 saturated carbocycles. The molecular weight excluding hydrogens is 262 g/mol. The van der Waals surface area contributed by atoms with E-state index in [1.807, 2.05) is 12.1 Å². The van der Waals surface area contributed by atoms with Crippen molar-refractivity contribution in [1.82, 2.24) is 5.32 Å². The molecule has 2 aromatic rings. The van der Waals surface area contributed by atoms with E-state index in [-0.39, 0.29) is 12.1 Å². The monoisotopic (exact) mass is 283 g/mol. The molecule has 3 heteroatoms. The van der Waals surface area contributed by atoms with Gasteiger partial charge in [-0.05, 0) is 35.7 Å². The molecule has 0 aromatic heterocycles. The Morgan fingerprint density at radius 2 is 1.90 bits per heavy atom. The lowest BCUT2D eigenvalue weighted by Gasteiger charge is -2.29. The number of fused-ring (bicyclic) bond motifs is 1. The summed E-state index contributed by atoms with van der Waals surface area (Å²) >= 11 is 0. The Kier molecular flexibility index (Phi) is 4.23. The lowest BCUT2D eigenvalue weighted by Crippen LogP contribution is -2.31. The van der Waals surface area contributed by atoms with Gasteiger partial charge in [-0.3, -0.25) is 0 Å². The van der Waals surface area contributed by atoms with E-state index in [4.69, 9.17) is 9.47 Å². The summed E-state index contributed by atoms with van der Waals surface area (Å²) < 4.78 is 10.9. The molecule has 0 bridgehead atoms. The van der Waals surface area contributed by atoms with Gasteiger partial charge in [0.25, 0.3) is 0 Å². The van der Waals surface area contributed by atoms with Gasteiger partial charge in [0.2, 0.25) is 0 Å². The van der Waals surface area contributed by atoms with Crippen LogP contribution < -0.4 is 10.1 Å².